The lowest BCUT2D eigenvalue weighted by Gasteiger charge is -2.45. The van der Waals surface area contributed by atoms with Crippen molar-refractivity contribution in [1.82, 2.24) is 0 Å². The molecule has 2 aliphatic rings. The largest absolute Gasteiger partial charge is 0.469 e. The first-order valence-electron chi connectivity index (χ1n) is 7.29. The van der Waals surface area contributed by atoms with Gasteiger partial charge in [0.1, 0.15) is 0 Å². The summed E-state index contributed by atoms with van der Waals surface area (Å²) in [4.78, 5) is 11.8. The molecule has 1 saturated carbocycles. The lowest BCUT2D eigenvalue weighted by Crippen LogP contribution is -2.39. The van der Waals surface area contributed by atoms with Crippen molar-refractivity contribution in [2.45, 2.75) is 46.5 Å². The first-order valence-corrected chi connectivity index (χ1v) is 7.29. The monoisotopic (exact) mass is 250 g/mol. The van der Waals surface area contributed by atoms with Gasteiger partial charge in [-0.3, -0.25) is 4.79 Å². The van der Waals surface area contributed by atoms with Gasteiger partial charge in [0.2, 0.25) is 0 Å². The highest BCUT2D eigenvalue weighted by Crippen LogP contribution is 2.48. The van der Waals surface area contributed by atoms with E-state index in [0.29, 0.717) is 11.8 Å². The van der Waals surface area contributed by atoms with Crippen molar-refractivity contribution in [3.63, 3.8) is 0 Å². The molecule has 0 saturated heterocycles. The molecule has 18 heavy (non-hydrogen) atoms. The maximum atomic E-state index is 11.8. The summed E-state index contributed by atoms with van der Waals surface area (Å²) in [6.07, 6.45) is 7.43. The minimum atomic E-state index is -0.0371. The van der Waals surface area contributed by atoms with Crippen LogP contribution in [0.25, 0.3) is 0 Å². The van der Waals surface area contributed by atoms with E-state index in [1.807, 2.05) is 6.92 Å². The molecule has 0 aromatic rings. The van der Waals surface area contributed by atoms with Crippen LogP contribution in [0.5, 0.6) is 0 Å². The van der Waals surface area contributed by atoms with Crippen molar-refractivity contribution in [2.24, 2.45) is 29.6 Å². The second-order valence-electron chi connectivity index (χ2n) is 6.32. The van der Waals surface area contributed by atoms with Gasteiger partial charge >= 0.3 is 5.97 Å². The van der Waals surface area contributed by atoms with Crippen LogP contribution >= 0.6 is 0 Å². The molecular weight excluding hydrogens is 224 g/mol. The zero-order chi connectivity index (χ0) is 13.3. The number of allylic oxidation sites excluding steroid dienone is 2. The van der Waals surface area contributed by atoms with E-state index in [4.69, 9.17) is 4.74 Å². The molecule has 2 nitrogen and oxygen atoms in total. The maximum Gasteiger partial charge on any atom is 0.308 e. The smallest absolute Gasteiger partial charge is 0.308 e. The molecule has 0 radical (unpaired) electrons. The fraction of sp³-hybridized carbons (Fsp3) is 0.812. The topological polar surface area (TPSA) is 26.3 Å². The molecule has 0 amide bonds. The first kappa shape index (κ1) is 13.6. The van der Waals surface area contributed by atoms with E-state index in [-0.39, 0.29) is 11.9 Å². The Balaban J connectivity index is 2.20. The molecule has 0 bridgehead atoms. The van der Waals surface area contributed by atoms with E-state index < -0.39 is 0 Å². The SMILES string of the molecule is COC(=O)[C@H](C)[C@@H]1CC[C@@H](C)[C@@H]2CCC(C)=C[C@@H]21. The van der Waals surface area contributed by atoms with Crippen LogP contribution in [0, 0.1) is 29.6 Å². The Hall–Kier alpha value is -0.790. The summed E-state index contributed by atoms with van der Waals surface area (Å²) in [7, 11) is 1.50. The van der Waals surface area contributed by atoms with Crippen LogP contribution < -0.4 is 0 Å². The Bertz CT molecular complexity index is 345. The fourth-order valence-electron chi connectivity index (χ4n) is 4.03. The van der Waals surface area contributed by atoms with Crippen molar-refractivity contribution in [2.75, 3.05) is 7.11 Å². The molecule has 0 aliphatic heterocycles. The molecule has 0 aromatic carbocycles. The number of carbonyl (C=O) groups excluding carboxylic acids is 1. The summed E-state index contributed by atoms with van der Waals surface area (Å²) >= 11 is 0. The third-order valence-corrected chi connectivity index (χ3v) is 5.24. The van der Waals surface area contributed by atoms with Crippen LogP contribution in [0.3, 0.4) is 0 Å². The molecular formula is C16H26O2. The van der Waals surface area contributed by atoms with Gasteiger partial charge in [0, 0.05) is 0 Å². The number of hydrogen-bond donors (Lipinski definition) is 0. The van der Waals surface area contributed by atoms with E-state index in [1.165, 1.54) is 38.4 Å². The minimum Gasteiger partial charge on any atom is -0.469 e. The lowest BCUT2D eigenvalue weighted by atomic mass is 9.60. The fourth-order valence-corrected chi connectivity index (χ4v) is 4.03. The van der Waals surface area contributed by atoms with E-state index in [2.05, 4.69) is 19.9 Å². The van der Waals surface area contributed by atoms with Crippen LogP contribution in [0.2, 0.25) is 0 Å². The second-order valence-corrected chi connectivity index (χ2v) is 6.32. The van der Waals surface area contributed by atoms with Gasteiger partial charge in [0.15, 0.2) is 0 Å². The van der Waals surface area contributed by atoms with Crippen LogP contribution in [0.4, 0.5) is 0 Å². The van der Waals surface area contributed by atoms with Gasteiger partial charge in [-0.2, -0.15) is 0 Å². The van der Waals surface area contributed by atoms with Gasteiger partial charge in [-0.1, -0.05) is 31.9 Å². The number of fused-ring (bicyclic) bond motifs is 1. The predicted octanol–water partition coefficient (Wildman–Crippen LogP) is 3.81. The molecule has 5 atom stereocenters. The third-order valence-electron chi connectivity index (χ3n) is 5.24. The Labute approximate surface area is 111 Å². The van der Waals surface area contributed by atoms with Crippen LogP contribution in [-0.2, 0) is 9.53 Å². The van der Waals surface area contributed by atoms with Gasteiger partial charge in [-0.25, -0.2) is 0 Å². The number of esters is 1. The van der Waals surface area contributed by atoms with Crippen LogP contribution in [0.1, 0.15) is 46.5 Å². The van der Waals surface area contributed by atoms with E-state index in [9.17, 15) is 4.79 Å². The van der Waals surface area contributed by atoms with Gasteiger partial charge in [0.05, 0.1) is 13.0 Å². The molecule has 2 heteroatoms. The Kier molecular flexibility index (Phi) is 4.14. The number of methoxy groups -OCH3 is 1. The number of ether oxygens (including phenoxy) is 1. The van der Waals surface area contributed by atoms with Crippen LogP contribution in [0.15, 0.2) is 11.6 Å². The average Bonchev–Trinajstić information content (AvgIpc) is 2.37. The Morgan fingerprint density at radius 2 is 2.11 bits per heavy atom. The quantitative estimate of drug-likeness (QED) is 0.550. The van der Waals surface area contributed by atoms with Gasteiger partial charge in [0.25, 0.3) is 0 Å². The highest BCUT2D eigenvalue weighted by Gasteiger charge is 2.41. The number of rotatable bonds is 2. The molecule has 0 unspecified atom stereocenters. The lowest BCUT2D eigenvalue weighted by molar-refractivity contribution is -0.148. The van der Waals surface area contributed by atoms with E-state index >= 15 is 0 Å². The third kappa shape index (κ3) is 2.48. The van der Waals surface area contributed by atoms with E-state index in [0.717, 1.165) is 11.8 Å². The highest BCUT2D eigenvalue weighted by atomic mass is 16.5. The molecule has 0 aromatic heterocycles. The number of carbonyl (C=O) groups is 1. The maximum absolute atomic E-state index is 11.8. The van der Waals surface area contributed by atoms with Gasteiger partial charge in [-0.15, -0.1) is 0 Å². The van der Waals surface area contributed by atoms with Gasteiger partial charge in [-0.05, 0) is 49.9 Å². The summed E-state index contributed by atoms with van der Waals surface area (Å²) in [6.45, 7) is 6.65. The zero-order valence-electron chi connectivity index (χ0n) is 12.1. The second kappa shape index (κ2) is 5.46. The Morgan fingerprint density at radius 3 is 2.78 bits per heavy atom. The zero-order valence-corrected chi connectivity index (χ0v) is 12.1. The normalized spacial score (nSPS) is 37.4. The van der Waals surface area contributed by atoms with Crippen molar-refractivity contribution in [3.05, 3.63) is 11.6 Å². The molecule has 0 N–H and O–H groups in total. The number of hydrogen-bond acceptors (Lipinski definition) is 2. The van der Waals surface area contributed by atoms with Crippen molar-refractivity contribution >= 4 is 5.97 Å². The standard InChI is InChI=1S/C16H26O2/c1-10-5-7-13-11(2)6-8-14(15(13)9-10)12(3)16(17)18-4/h9,11-15H,5-8H2,1-4H3/t11-,12-,13+,14+,15+/m1/s1. The highest BCUT2D eigenvalue weighted by molar-refractivity contribution is 5.72. The molecule has 0 spiro atoms. The van der Waals surface area contributed by atoms with Crippen LogP contribution in [-0.4, -0.2) is 13.1 Å². The minimum absolute atomic E-state index is 0.0371. The molecule has 2 rings (SSSR count). The Morgan fingerprint density at radius 1 is 1.39 bits per heavy atom. The summed E-state index contributed by atoms with van der Waals surface area (Å²) in [5.74, 6) is 2.66. The summed E-state index contributed by atoms with van der Waals surface area (Å²) in [6, 6.07) is 0. The van der Waals surface area contributed by atoms with Crippen molar-refractivity contribution < 1.29 is 9.53 Å². The molecule has 0 heterocycles. The summed E-state index contributed by atoms with van der Waals surface area (Å²) < 4.78 is 4.94. The summed E-state index contributed by atoms with van der Waals surface area (Å²) in [5.41, 5.74) is 1.51. The first-order chi connectivity index (χ1) is 8.54. The van der Waals surface area contributed by atoms with Gasteiger partial charge < -0.3 is 4.74 Å². The molecule has 2 aliphatic carbocycles. The molecule has 1 fully saturated rings. The average molecular weight is 250 g/mol. The predicted molar refractivity (Wildman–Crippen MR) is 73.0 cm³/mol. The molecule has 102 valence electrons. The van der Waals surface area contributed by atoms with Crippen molar-refractivity contribution in [1.29, 1.82) is 0 Å². The van der Waals surface area contributed by atoms with Crippen molar-refractivity contribution in [3.8, 4) is 0 Å². The van der Waals surface area contributed by atoms with E-state index in [1.54, 1.807) is 0 Å². The summed E-state index contributed by atoms with van der Waals surface area (Å²) in [5, 5.41) is 0.